The minimum Gasteiger partial charge on any atom is -0.446 e. The van der Waals surface area contributed by atoms with Crippen LogP contribution in [-0.2, 0) is 19.1 Å². The van der Waals surface area contributed by atoms with Crippen LogP contribution in [0.1, 0.15) is 45.1 Å². The van der Waals surface area contributed by atoms with E-state index in [1.54, 1.807) is 16.0 Å². The Balaban J connectivity index is 1.62. The Kier molecular flexibility index (Phi) is 7.70. The summed E-state index contributed by atoms with van der Waals surface area (Å²) in [4.78, 5) is 45.2. The summed E-state index contributed by atoms with van der Waals surface area (Å²) in [5, 5.41) is 2.80. The van der Waals surface area contributed by atoms with E-state index in [9.17, 15) is 14.4 Å². The van der Waals surface area contributed by atoms with Gasteiger partial charge in [-0.25, -0.2) is 4.79 Å². The molecule has 2 fully saturated rings. The molecule has 0 saturated carbocycles. The van der Waals surface area contributed by atoms with Gasteiger partial charge in [-0.2, -0.15) is 0 Å². The fraction of sp³-hybridized carbons (Fsp3) is 0.520. The molecule has 2 atom stereocenters. The number of carbonyl (C=O) groups is 3. The lowest BCUT2D eigenvalue weighted by molar-refractivity contribution is -0.122. The average molecular weight is 484 g/mol. The van der Waals surface area contributed by atoms with Crippen molar-refractivity contribution in [3.05, 3.63) is 30.0 Å². The number of allylic oxidation sites excluding steroid dienone is 1. The van der Waals surface area contributed by atoms with Crippen molar-refractivity contribution in [2.75, 3.05) is 36.1 Å². The summed E-state index contributed by atoms with van der Waals surface area (Å²) in [6.45, 7) is 5.48. The first-order valence-corrected chi connectivity index (χ1v) is 12.1. The molecule has 3 N–H and O–H groups in total. The summed E-state index contributed by atoms with van der Waals surface area (Å²) < 4.78 is 11.2. The number of piperidine rings is 1. The van der Waals surface area contributed by atoms with Crippen LogP contribution >= 0.6 is 0 Å². The Morgan fingerprint density at radius 1 is 1.23 bits per heavy atom. The first kappa shape index (κ1) is 24.7. The van der Waals surface area contributed by atoms with Gasteiger partial charge in [-0.15, -0.1) is 0 Å². The van der Waals surface area contributed by atoms with Crippen LogP contribution in [0.5, 0.6) is 0 Å². The maximum atomic E-state index is 13.2. The second-order valence-corrected chi connectivity index (χ2v) is 9.14. The summed E-state index contributed by atoms with van der Waals surface area (Å²) in [5.41, 5.74) is 8.55. The van der Waals surface area contributed by atoms with Gasteiger partial charge in [-0.05, 0) is 31.0 Å². The maximum absolute atomic E-state index is 13.2. The molecule has 188 valence electrons. The number of hydrogen-bond acceptors (Lipinski definition) is 7. The summed E-state index contributed by atoms with van der Waals surface area (Å²) >= 11 is 0. The zero-order chi connectivity index (χ0) is 24.9. The standard InChI is InChI=1S/C25H33N5O5/c1-16-15-29(25(33)35-21-6-9-34-10-7-21)23-11-18(3-4-22(23)30(16)17(2)31)19(13-26)14-28-20-5-8-27-24(32)12-20/h3-4,11,13-14,16,20-21H,5-10,12,15,26H2,1-2H3,(H,27,32)/t16-,20?/m0/s1. The zero-order valence-corrected chi connectivity index (χ0v) is 20.2. The van der Waals surface area contributed by atoms with Gasteiger partial charge in [-0.1, -0.05) is 6.07 Å². The number of ether oxygens (including phenoxy) is 2. The quantitative estimate of drug-likeness (QED) is 0.633. The number of benzene rings is 1. The predicted molar refractivity (Wildman–Crippen MR) is 133 cm³/mol. The molecule has 0 aromatic heterocycles. The van der Waals surface area contributed by atoms with Crippen LogP contribution in [0, 0.1) is 0 Å². The molecule has 0 bridgehead atoms. The number of carbonyl (C=O) groups excluding carboxylic acids is 3. The molecule has 35 heavy (non-hydrogen) atoms. The van der Waals surface area contributed by atoms with Crippen LogP contribution in [0.25, 0.3) is 5.57 Å². The molecule has 1 aromatic rings. The summed E-state index contributed by atoms with van der Waals surface area (Å²) in [6, 6.07) is 5.20. The van der Waals surface area contributed by atoms with Crippen molar-refractivity contribution in [3.63, 3.8) is 0 Å². The van der Waals surface area contributed by atoms with E-state index in [2.05, 4.69) is 10.3 Å². The van der Waals surface area contributed by atoms with E-state index >= 15 is 0 Å². The SMILES string of the molecule is CC(=O)N1c2ccc(C(C=NC3CCNC(=O)C3)=CN)cc2N(C(=O)OC2CCOCC2)C[C@@H]1C. The van der Waals surface area contributed by atoms with E-state index < -0.39 is 6.09 Å². The molecule has 3 amide bonds. The normalized spacial score (nSPS) is 23.7. The molecule has 10 nitrogen and oxygen atoms in total. The highest BCUT2D eigenvalue weighted by Crippen LogP contribution is 2.38. The highest BCUT2D eigenvalue weighted by Gasteiger charge is 2.35. The summed E-state index contributed by atoms with van der Waals surface area (Å²) in [6.07, 6.45) is 4.93. The van der Waals surface area contributed by atoms with Crippen molar-refractivity contribution in [2.24, 2.45) is 10.7 Å². The molecule has 0 spiro atoms. The number of hydrogen-bond donors (Lipinski definition) is 2. The molecule has 10 heteroatoms. The van der Waals surface area contributed by atoms with Gasteiger partial charge in [-0.3, -0.25) is 19.5 Å². The molecule has 1 aromatic carbocycles. The maximum Gasteiger partial charge on any atom is 0.414 e. The number of nitrogens with one attached hydrogen (secondary N) is 1. The van der Waals surface area contributed by atoms with Gasteiger partial charge in [0.05, 0.1) is 36.7 Å². The number of nitrogens with zero attached hydrogens (tertiary/aromatic N) is 3. The summed E-state index contributed by atoms with van der Waals surface area (Å²) in [7, 11) is 0. The fourth-order valence-corrected chi connectivity index (χ4v) is 4.75. The van der Waals surface area contributed by atoms with Gasteiger partial charge in [0.2, 0.25) is 11.8 Å². The fourth-order valence-electron chi connectivity index (χ4n) is 4.75. The first-order valence-electron chi connectivity index (χ1n) is 12.1. The van der Waals surface area contributed by atoms with Crippen molar-refractivity contribution >= 4 is 41.1 Å². The third-order valence-corrected chi connectivity index (χ3v) is 6.57. The number of fused-ring (bicyclic) bond motifs is 1. The second-order valence-electron chi connectivity index (χ2n) is 9.14. The molecule has 3 aliphatic rings. The minimum absolute atomic E-state index is 0.0115. The highest BCUT2D eigenvalue weighted by atomic mass is 16.6. The third kappa shape index (κ3) is 5.64. The van der Waals surface area contributed by atoms with Gasteiger partial charge in [0, 0.05) is 57.3 Å². The van der Waals surface area contributed by atoms with E-state index in [-0.39, 0.29) is 30.0 Å². The van der Waals surface area contributed by atoms with E-state index in [0.717, 1.165) is 12.0 Å². The highest BCUT2D eigenvalue weighted by molar-refractivity contribution is 6.11. The van der Waals surface area contributed by atoms with E-state index in [0.29, 0.717) is 62.5 Å². The number of nitrogens with two attached hydrogens (primary N) is 1. The molecule has 1 unspecified atom stereocenters. The largest absolute Gasteiger partial charge is 0.446 e. The Morgan fingerprint density at radius 3 is 2.69 bits per heavy atom. The molecular formula is C25H33N5O5. The lowest BCUT2D eigenvalue weighted by Crippen LogP contribution is -2.52. The van der Waals surface area contributed by atoms with Crippen LogP contribution in [0.4, 0.5) is 16.2 Å². The molecule has 4 rings (SSSR count). The number of aliphatic imine (C=N–C) groups is 1. The molecule has 0 aliphatic carbocycles. The van der Waals surface area contributed by atoms with E-state index in [4.69, 9.17) is 15.2 Å². The Labute approximate surface area is 205 Å². The minimum atomic E-state index is -0.439. The Bertz CT molecular complexity index is 1030. The Hall–Kier alpha value is -3.40. The van der Waals surface area contributed by atoms with Crippen molar-refractivity contribution in [2.45, 2.75) is 57.7 Å². The molecule has 2 saturated heterocycles. The van der Waals surface area contributed by atoms with Crippen LogP contribution in [0.3, 0.4) is 0 Å². The lowest BCUT2D eigenvalue weighted by atomic mass is 10.0. The predicted octanol–water partition coefficient (Wildman–Crippen LogP) is 2.21. The van der Waals surface area contributed by atoms with E-state index in [1.165, 1.54) is 13.1 Å². The number of amides is 3. The third-order valence-electron chi connectivity index (χ3n) is 6.57. The molecule has 3 aliphatic heterocycles. The molecular weight excluding hydrogens is 450 g/mol. The topological polar surface area (TPSA) is 127 Å². The van der Waals surface area contributed by atoms with Crippen molar-refractivity contribution < 1.29 is 23.9 Å². The second kappa shape index (κ2) is 10.9. The average Bonchev–Trinajstić information content (AvgIpc) is 2.84. The van der Waals surface area contributed by atoms with Crippen LogP contribution in [0.15, 0.2) is 29.4 Å². The van der Waals surface area contributed by atoms with Crippen LogP contribution in [-0.4, -0.2) is 68.6 Å². The van der Waals surface area contributed by atoms with Gasteiger partial charge in [0.15, 0.2) is 0 Å². The van der Waals surface area contributed by atoms with Gasteiger partial charge in [0.25, 0.3) is 0 Å². The Morgan fingerprint density at radius 2 is 2.00 bits per heavy atom. The smallest absolute Gasteiger partial charge is 0.414 e. The monoisotopic (exact) mass is 483 g/mol. The van der Waals surface area contributed by atoms with Crippen molar-refractivity contribution in [1.29, 1.82) is 0 Å². The van der Waals surface area contributed by atoms with Gasteiger partial charge >= 0.3 is 6.09 Å². The van der Waals surface area contributed by atoms with E-state index in [1.807, 2.05) is 25.1 Å². The van der Waals surface area contributed by atoms with Crippen LogP contribution in [0.2, 0.25) is 0 Å². The van der Waals surface area contributed by atoms with Gasteiger partial charge in [0.1, 0.15) is 6.10 Å². The molecule has 0 radical (unpaired) electrons. The van der Waals surface area contributed by atoms with Crippen molar-refractivity contribution in [3.8, 4) is 0 Å². The number of rotatable bonds is 4. The first-order chi connectivity index (χ1) is 16.9. The zero-order valence-electron chi connectivity index (χ0n) is 20.2. The van der Waals surface area contributed by atoms with Crippen LogP contribution < -0.4 is 20.9 Å². The van der Waals surface area contributed by atoms with Crippen molar-refractivity contribution in [1.82, 2.24) is 5.32 Å². The molecule has 3 heterocycles. The summed E-state index contributed by atoms with van der Waals surface area (Å²) in [5.74, 6) is -0.113. The lowest BCUT2D eigenvalue weighted by Gasteiger charge is -2.41. The number of anilines is 2. The van der Waals surface area contributed by atoms with Gasteiger partial charge < -0.3 is 25.4 Å².